The summed E-state index contributed by atoms with van der Waals surface area (Å²) in [4.78, 5) is 8.27. The summed E-state index contributed by atoms with van der Waals surface area (Å²) in [5.74, 6) is 1.17. The zero-order valence-corrected chi connectivity index (χ0v) is 11.6. The SMILES string of the molecule is CC1CCCC(O)(CNc2ncc(Br)cn2)C1. The highest BCUT2D eigenvalue weighted by Crippen LogP contribution is 2.32. The van der Waals surface area contributed by atoms with Crippen molar-refractivity contribution in [3.8, 4) is 0 Å². The highest BCUT2D eigenvalue weighted by atomic mass is 79.9. The zero-order valence-electron chi connectivity index (χ0n) is 9.99. The van der Waals surface area contributed by atoms with Crippen molar-refractivity contribution in [1.82, 2.24) is 9.97 Å². The lowest BCUT2D eigenvalue weighted by molar-refractivity contribution is -0.000896. The predicted octanol–water partition coefficient (Wildman–Crippen LogP) is 2.59. The minimum Gasteiger partial charge on any atom is -0.388 e. The van der Waals surface area contributed by atoms with Crippen LogP contribution in [0.3, 0.4) is 0 Å². The largest absolute Gasteiger partial charge is 0.388 e. The highest BCUT2D eigenvalue weighted by Gasteiger charge is 2.32. The Balaban J connectivity index is 1.90. The first kappa shape index (κ1) is 12.8. The summed E-state index contributed by atoms with van der Waals surface area (Å²) in [6.07, 6.45) is 7.43. The molecule has 4 nitrogen and oxygen atoms in total. The number of aromatic nitrogens is 2. The summed E-state index contributed by atoms with van der Waals surface area (Å²) in [5.41, 5.74) is -0.603. The van der Waals surface area contributed by atoms with Gasteiger partial charge in [-0.05, 0) is 34.7 Å². The van der Waals surface area contributed by atoms with E-state index in [0.717, 1.165) is 23.7 Å². The van der Waals surface area contributed by atoms with Crippen molar-refractivity contribution < 1.29 is 5.11 Å². The van der Waals surface area contributed by atoms with Crippen LogP contribution in [0.25, 0.3) is 0 Å². The monoisotopic (exact) mass is 299 g/mol. The van der Waals surface area contributed by atoms with Crippen molar-refractivity contribution in [2.24, 2.45) is 5.92 Å². The molecule has 0 aromatic carbocycles. The van der Waals surface area contributed by atoms with Crippen LogP contribution >= 0.6 is 15.9 Å². The molecule has 1 saturated carbocycles. The lowest BCUT2D eigenvalue weighted by Crippen LogP contribution is -2.41. The standard InChI is InChI=1S/C12H18BrN3O/c1-9-3-2-4-12(17,5-9)8-16-11-14-6-10(13)7-15-11/h6-7,9,17H,2-5,8H2,1H3,(H,14,15,16). The topological polar surface area (TPSA) is 58.0 Å². The molecule has 0 aliphatic heterocycles. The highest BCUT2D eigenvalue weighted by molar-refractivity contribution is 9.10. The van der Waals surface area contributed by atoms with Crippen LogP contribution in [-0.2, 0) is 0 Å². The maximum absolute atomic E-state index is 10.4. The second-order valence-electron chi connectivity index (χ2n) is 5.00. The Morgan fingerprint density at radius 2 is 2.24 bits per heavy atom. The van der Waals surface area contributed by atoms with E-state index in [0.29, 0.717) is 18.4 Å². The second kappa shape index (κ2) is 5.31. The zero-order chi connectivity index (χ0) is 12.3. The molecule has 1 aromatic heterocycles. The number of nitrogens with one attached hydrogen (secondary N) is 1. The average molecular weight is 300 g/mol. The molecule has 0 saturated heterocycles. The van der Waals surface area contributed by atoms with Gasteiger partial charge in [0.15, 0.2) is 0 Å². The van der Waals surface area contributed by atoms with Crippen LogP contribution in [0, 0.1) is 5.92 Å². The van der Waals surface area contributed by atoms with E-state index in [2.05, 4.69) is 38.1 Å². The average Bonchev–Trinajstić information content (AvgIpc) is 2.28. The van der Waals surface area contributed by atoms with E-state index < -0.39 is 5.60 Å². The van der Waals surface area contributed by atoms with E-state index in [-0.39, 0.29) is 0 Å². The predicted molar refractivity (Wildman–Crippen MR) is 70.8 cm³/mol. The van der Waals surface area contributed by atoms with Crippen molar-refractivity contribution >= 4 is 21.9 Å². The smallest absolute Gasteiger partial charge is 0.222 e. The first-order chi connectivity index (χ1) is 8.07. The molecule has 5 heteroatoms. The summed E-state index contributed by atoms with van der Waals surface area (Å²) in [7, 11) is 0. The molecule has 0 radical (unpaired) electrons. The third-order valence-electron chi connectivity index (χ3n) is 3.26. The molecule has 2 N–H and O–H groups in total. The molecule has 0 bridgehead atoms. The molecule has 2 atom stereocenters. The fraction of sp³-hybridized carbons (Fsp3) is 0.667. The van der Waals surface area contributed by atoms with E-state index in [1.54, 1.807) is 12.4 Å². The van der Waals surface area contributed by atoms with E-state index in [9.17, 15) is 5.11 Å². The van der Waals surface area contributed by atoms with Gasteiger partial charge in [-0.1, -0.05) is 19.8 Å². The van der Waals surface area contributed by atoms with Gasteiger partial charge in [-0.3, -0.25) is 0 Å². The molecular formula is C12H18BrN3O. The molecule has 2 rings (SSSR count). The first-order valence-electron chi connectivity index (χ1n) is 6.01. The third-order valence-corrected chi connectivity index (χ3v) is 3.67. The number of hydrogen-bond donors (Lipinski definition) is 2. The minimum absolute atomic E-state index is 0.527. The maximum atomic E-state index is 10.4. The Morgan fingerprint density at radius 1 is 1.53 bits per heavy atom. The normalized spacial score (nSPS) is 29.0. The summed E-state index contributed by atoms with van der Waals surface area (Å²) in [6, 6.07) is 0. The van der Waals surface area contributed by atoms with Crippen molar-refractivity contribution in [2.75, 3.05) is 11.9 Å². The molecule has 94 valence electrons. The van der Waals surface area contributed by atoms with Gasteiger partial charge in [0, 0.05) is 18.9 Å². The quantitative estimate of drug-likeness (QED) is 0.901. The lowest BCUT2D eigenvalue weighted by Gasteiger charge is -2.35. The number of hydrogen-bond acceptors (Lipinski definition) is 4. The van der Waals surface area contributed by atoms with Crippen LogP contribution in [0.5, 0.6) is 0 Å². The van der Waals surface area contributed by atoms with Gasteiger partial charge in [0.05, 0.1) is 10.1 Å². The van der Waals surface area contributed by atoms with Gasteiger partial charge >= 0.3 is 0 Å². The molecular weight excluding hydrogens is 282 g/mol. The Hall–Kier alpha value is -0.680. The van der Waals surface area contributed by atoms with Gasteiger partial charge in [0.2, 0.25) is 5.95 Å². The molecule has 0 spiro atoms. The van der Waals surface area contributed by atoms with Crippen molar-refractivity contribution in [3.63, 3.8) is 0 Å². The van der Waals surface area contributed by atoms with Crippen LogP contribution < -0.4 is 5.32 Å². The molecule has 1 heterocycles. The lowest BCUT2D eigenvalue weighted by atomic mass is 9.79. The van der Waals surface area contributed by atoms with Crippen LogP contribution in [0.1, 0.15) is 32.6 Å². The molecule has 1 aliphatic carbocycles. The summed E-state index contributed by atoms with van der Waals surface area (Å²) in [6.45, 7) is 2.72. The van der Waals surface area contributed by atoms with Crippen molar-refractivity contribution in [3.05, 3.63) is 16.9 Å². The first-order valence-corrected chi connectivity index (χ1v) is 6.80. The summed E-state index contributed by atoms with van der Waals surface area (Å²) in [5, 5.41) is 13.5. The maximum Gasteiger partial charge on any atom is 0.222 e. The van der Waals surface area contributed by atoms with E-state index >= 15 is 0 Å². The fourth-order valence-corrected chi connectivity index (χ4v) is 2.64. The Morgan fingerprint density at radius 3 is 2.88 bits per heavy atom. The van der Waals surface area contributed by atoms with Crippen LogP contribution in [0.4, 0.5) is 5.95 Å². The summed E-state index contributed by atoms with van der Waals surface area (Å²) < 4.78 is 0.855. The molecule has 17 heavy (non-hydrogen) atoms. The number of halogens is 1. The van der Waals surface area contributed by atoms with Crippen LogP contribution in [0.15, 0.2) is 16.9 Å². The van der Waals surface area contributed by atoms with Gasteiger partial charge in [0.25, 0.3) is 0 Å². The second-order valence-corrected chi connectivity index (χ2v) is 5.92. The van der Waals surface area contributed by atoms with Gasteiger partial charge in [-0.2, -0.15) is 0 Å². The molecule has 1 fully saturated rings. The van der Waals surface area contributed by atoms with Crippen molar-refractivity contribution in [1.29, 1.82) is 0 Å². The Bertz CT molecular complexity index is 371. The van der Waals surface area contributed by atoms with Gasteiger partial charge in [0.1, 0.15) is 0 Å². The van der Waals surface area contributed by atoms with Gasteiger partial charge < -0.3 is 10.4 Å². The fourth-order valence-electron chi connectivity index (χ4n) is 2.44. The summed E-state index contributed by atoms with van der Waals surface area (Å²) >= 11 is 3.29. The number of aliphatic hydroxyl groups is 1. The van der Waals surface area contributed by atoms with Crippen molar-refractivity contribution in [2.45, 2.75) is 38.2 Å². The van der Waals surface area contributed by atoms with Gasteiger partial charge in [-0.15, -0.1) is 0 Å². The third kappa shape index (κ3) is 3.64. The Labute approximate surface area is 110 Å². The molecule has 0 amide bonds. The molecule has 1 aromatic rings. The van der Waals surface area contributed by atoms with Crippen LogP contribution in [0.2, 0.25) is 0 Å². The van der Waals surface area contributed by atoms with E-state index in [4.69, 9.17) is 0 Å². The van der Waals surface area contributed by atoms with Crippen LogP contribution in [-0.4, -0.2) is 27.2 Å². The minimum atomic E-state index is -0.603. The Kier molecular flexibility index (Phi) is 3.99. The number of rotatable bonds is 3. The number of nitrogens with zero attached hydrogens (tertiary/aromatic N) is 2. The molecule has 2 unspecified atom stereocenters. The van der Waals surface area contributed by atoms with E-state index in [1.165, 1.54) is 6.42 Å². The van der Waals surface area contributed by atoms with E-state index in [1.807, 2.05) is 0 Å². The van der Waals surface area contributed by atoms with Gasteiger partial charge in [-0.25, -0.2) is 9.97 Å². The molecule has 1 aliphatic rings. The number of anilines is 1.